The topological polar surface area (TPSA) is 46.2 Å². The summed E-state index contributed by atoms with van der Waals surface area (Å²) in [6, 6.07) is 0. The van der Waals surface area contributed by atoms with Crippen molar-refractivity contribution in [1.29, 1.82) is 0 Å². The number of nitrogens with one attached hydrogen (secondary N) is 1. The molecule has 0 radical (unpaired) electrons. The molecule has 0 saturated heterocycles. The predicted molar refractivity (Wildman–Crippen MR) is 43.1 cm³/mol. The molecule has 2 rings (SSSR count). The van der Waals surface area contributed by atoms with Crippen LogP contribution in [0.15, 0.2) is 23.3 Å². The Bertz CT molecular complexity index is 325. The van der Waals surface area contributed by atoms with Crippen molar-refractivity contribution in [2.45, 2.75) is 13.3 Å². The Morgan fingerprint density at radius 2 is 2.17 bits per heavy atom. The van der Waals surface area contributed by atoms with E-state index in [0.29, 0.717) is 11.1 Å². The summed E-state index contributed by atoms with van der Waals surface area (Å²) in [6.07, 6.45) is 4.51. The Hall–Kier alpha value is -1.38. The molecule has 62 valence electrons. The molecule has 3 nitrogen and oxygen atoms in total. The van der Waals surface area contributed by atoms with Gasteiger partial charge in [0, 0.05) is 11.1 Å². The minimum absolute atomic E-state index is 0.177. The summed E-state index contributed by atoms with van der Waals surface area (Å²) in [4.78, 5) is 22.3. The highest BCUT2D eigenvalue weighted by molar-refractivity contribution is 6.21. The van der Waals surface area contributed by atoms with E-state index in [9.17, 15) is 9.59 Å². The monoisotopic (exact) mass is 163 g/mol. The fraction of sp³-hybridized carbons (Fsp3) is 0.333. The molecule has 1 aliphatic carbocycles. The number of amides is 2. The van der Waals surface area contributed by atoms with Crippen LogP contribution in [-0.4, -0.2) is 11.8 Å². The zero-order valence-corrected chi connectivity index (χ0v) is 6.76. The van der Waals surface area contributed by atoms with Crippen LogP contribution in [0.5, 0.6) is 0 Å². The maximum Gasteiger partial charge on any atom is 0.258 e. The minimum atomic E-state index is -0.252. The molecule has 0 fully saturated rings. The van der Waals surface area contributed by atoms with Crippen molar-refractivity contribution in [1.82, 2.24) is 5.32 Å². The summed E-state index contributed by atoms with van der Waals surface area (Å²) in [5.41, 5.74) is 1.21. The molecule has 0 aromatic rings. The van der Waals surface area contributed by atoms with Crippen LogP contribution >= 0.6 is 0 Å². The second-order valence-corrected chi connectivity index (χ2v) is 3.15. The average molecular weight is 163 g/mol. The number of carbonyl (C=O) groups is 2. The van der Waals surface area contributed by atoms with Crippen LogP contribution < -0.4 is 5.32 Å². The van der Waals surface area contributed by atoms with Gasteiger partial charge in [0.2, 0.25) is 0 Å². The maximum atomic E-state index is 11.2. The lowest BCUT2D eigenvalue weighted by Crippen LogP contribution is -2.23. The third-order valence-electron chi connectivity index (χ3n) is 2.27. The molecule has 1 heterocycles. The number of hydrogen-bond donors (Lipinski definition) is 1. The SMILES string of the molecule is CC1CC=CC2=C1C(=O)NC2=O. The van der Waals surface area contributed by atoms with Crippen molar-refractivity contribution in [3.63, 3.8) is 0 Å². The molecule has 1 aliphatic heterocycles. The van der Waals surface area contributed by atoms with Gasteiger partial charge in [0.05, 0.1) is 0 Å². The lowest BCUT2D eigenvalue weighted by molar-refractivity contribution is -0.124. The van der Waals surface area contributed by atoms with Crippen LogP contribution in [-0.2, 0) is 9.59 Å². The lowest BCUT2D eigenvalue weighted by Gasteiger charge is -2.12. The summed E-state index contributed by atoms with van der Waals surface area (Å²) < 4.78 is 0. The molecular weight excluding hydrogens is 154 g/mol. The van der Waals surface area contributed by atoms with Crippen LogP contribution in [0.4, 0.5) is 0 Å². The molecule has 2 amide bonds. The van der Waals surface area contributed by atoms with Crippen LogP contribution in [0.1, 0.15) is 13.3 Å². The normalized spacial score (nSPS) is 27.6. The van der Waals surface area contributed by atoms with Gasteiger partial charge in [-0.15, -0.1) is 0 Å². The summed E-state index contributed by atoms with van der Waals surface area (Å²) in [5, 5.41) is 2.29. The number of allylic oxidation sites excluding steroid dienone is 1. The molecule has 1 atom stereocenters. The van der Waals surface area contributed by atoms with Gasteiger partial charge < -0.3 is 0 Å². The van der Waals surface area contributed by atoms with Gasteiger partial charge >= 0.3 is 0 Å². The third-order valence-corrected chi connectivity index (χ3v) is 2.27. The second kappa shape index (κ2) is 2.30. The Labute approximate surface area is 70.1 Å². The molecule has 2 aliphatic rings. The number of imide groups is 1. The fourth-order valence-corrected chi connectivity index (χ4v) is 1.64. The van der Waals surface area contributed by atoms with Gasteiger partial charge in [-0.3, -0.25) is 14.9 Å². The minimum Gasteiger partial charge on any atom is -0.288 e. The zero-order valence-electron chi connectivity index (χ0n) is 6.76. The average Bonchev–Trinajstić information content (AvgIpc) is 2.29. The van der Waals surface area contributed by atoms with Crippen LogP contribution in [0, 0.1) is 5.92 Å². The molecule has 0 spiro atoms. The Balaban J connectivity index is 2.52. The molecule has 1 unspecified atom stereocenters. The molecule has 3 heteroatoms. The summed E-state index contributed by atoms with van der Waals surface area (Å²) in [6.45, 7) is 1.96. The second-order valence-electron chi connectivity index (χ2n) is 3.15. The first-order chi connectivity index (χ1) is 5.70. The van der Waals surface area contributed by atoms with E-state index in [2.05, 4.69) is 5.32 Å². The van der Waals surface area contributed by atoms with Crippen molar-refractivity contribution in [2.24, 2.45) is 5.92 Å². The van der Waals surface area contributed by atoms with E-state index in [1.54, 1.807) is 6.08 Å². The van der Waals surface area contributed by atoms with Crippen molar-refractivity contribution < 1.29 is 9.59 Å². The smallest absolute Gasteiger partial charge is 0.258 e. The van der Waals surface area contributed by atoms with Gasteiger partial charge in [-0.1, -0.05) is 19.1 Å². The highest BCUT2D eigenvalue weighted by atomic mass is 16.2. The molecule has 0 aromatic carbocycles. The standard InChI is InChI=1S/C9H9NO2/c1-5-3-2-4-6-7(5)9(12)10-8(6)11/h2,4-5H,3H2,1H3,(H,10,11,12). The van der Waals surface area contributed by atoms with Gasteiger partial charge in [-0.05, 0) is 12.3 Å². The Kier molecular flexibility index (Phi) is 1.40. The van der Waals surface area contributed by atoms with Gasteiger partial charge in [-0.25, -0.2) is 0 Å². The third kappa shape index (κ3) is 0.826. The van der Waals surface area contributed by atoms with Crippen LogP contribution in [0.25, 0.3) is 0 Å². The van der Waals surface area contributed by atoms with Crippen LogP contribution in [0.2, 0.25) is 0 Å². The molecule has 0 bridgehead atoms. The summed E-state index contributed by atoms with van der Waals surface area (Å²) >= 11 is 0. The van der Waals surface area contributed by atoms with E-state index in [-0.39, 0.29) is 17.7 Å². The number of carbonyl (C=O) groups excluding carboxylic acids is 2. The Morgan fingerprint density at radius 1 is 1.42 bits per heavy atom. The first-order valence-corrected chi connectivity index (χ1v) is 3.96. The largest absolute Gasteiger partial charge is 0.288 e. The van der Waals surface area contributed by atoms with Gasteiger partial charge in [-0.2, -0.15) is 0 Å². The molecular formula is C9H9NO2. The van der Waals surface area contributed by atoms with Crippen molar-refractivity contribution in [3.05, 3.63) is 23.3 Å². The van der Waals surface area contributed by atoms with E-state index in [1.165, 1.54) is 0 Å². The number of hydrogen-bond acceptors (Lipinski definition) is 2. The van der Waals surface area contributed by atoms with Gasteiger partial charge in [0.1, 0.15) is 0 Å². The molecule has 0 saturated carbocycles. The van der Waals surface area contributed by atoms with Crippen molar-refractivity contribution in [3.8, 4) is 0 Å². The molecule has 1 N–H and O–H groups in total. The van der Waals surface area contributed by atoms with E-state index in [1.807, 2.05) is 13.0 Å². The van der Waals surface area contributed by atoms with Gasteiger partial charge in [0.15, 0.2) is 0 Å². The van der Waals surface area contributed by atoms with Crippen molar-refractivity contribution in [2.75, 3.05) is 0 Å². The quantitative estimate of drug-likeness (QED) is 0.529. The Morgan fingerprint density at radius 3 is 2.83 bits per heavy atom. The lowest BCUT2D eigenvalue weighted by atomic mass is 9.90. The maximum absolute atomic E-state index is 11.2. The highest BCUT2D eigenvalue weighted by Gasteiger charge is 2.32. The predicted octanol–water partition coefficient (Wildman–Crippen LogP) is 0.535. The van der Waals surface area contributed by atoms with E-state index in [0.717, 1.165) is 6.42 Å². The fourth-order valence-electron chi connectivity index (χ4n) is 1.64. The first-order valence-electron chi connectivity index (χ1n) is 3.96. The number of rotatable bonds is 0. The van der Waals surface area contributed by atoms with E-state index < -0.39 is 0 Å². The summed E-state index contributed by atoms with van der Waals surface area (Å²) in [7, 11) is 0. The first kappa shape index (κ1) is 7.28. The van der Waals surface area contributed by atoms with Crippen molar-refractivity contribution >= 4 is 11.8 Å². The van der Waals surface area contributed by atoms with Gasteiger partial charge in [0.25, 0.3) is 11.8 Å². The van der Waals surface area contributed by atoms with E-state index in [4.69, 9.17) is 0 Å². The molecule has 12 heavy (non-hydrogen) atoms. The summed E-state index contributed by atoms with van der Waals surface area (Å²) in [5.74, 6) is -0.291. The zero-order chi connectivity index (χ0) is 8.72. The van der Waals surface area contributed by atoms with Crippen LogP contribution in [0.3, 0.4) is 0 Å². The highest BCUT2D eigenvalue weighted by Crippen LogP contribution is 2.28. The van der Waals surface area contributed by atoms with E-state index >= 15 is 0 Å². The molecule has 0 aromatic heterocycles.